The first kappa shape index (κ1) is 13.7. The molecule has 1 nitrogen and oxygen atoms in total. The van der Waals surface area contributed by atoms with Crippen LogP contribution in [0.5, 0.6) is 0 Å². The molecule has 0 aliphatic rings. The van der Waals surface area contributed by atoms with E-state index < -0.39 is 0 Å². The van der Waals surface area contributed by atoms with Gasteiger partial charge < -0.3 is 5.73 Å². The molecule has 0 bridgehead atoms. The lowest BCUT2D eigenvalue weighted by Gasteiger charge is -2.15. The van der Waals surface area contributed by atoms with E-state index in [1.165, 1.54) is 0 Å². The predicted molar refractivity (Wildman–Crippen MR) is 78.5 cm³/mol. The van der Waals surface area contributed by atoms with Gasteiger partial charge in [0, 0.05) is 21.1 Å². The average Bonchev–Trinajstić information content (AvgIpc) is 2.32. The summed E-state index contributed by atoms with van der Waals surface area (Å²) in [6, 6.07) is 12.8. The molecule has 0 amide bonds. The van der Waals surface area contributed by atoms with Crippen LogP contribution < -0.4 is 5.73 Å². The van der Waals surface area contributed by atoms with Gasteiger partial charge in [-0.05, 0) is 35.7 Å². The molecule has 0 aliphatic heterocycles. The number of rotatable bonds is 3. The topological polar surface area (TPSA) is 26.0 Å². The zero-order valence-corrected chi connectivity index (χ0v) is 11.8. The van der Waals surface area contributed by atoms with Gasteiger partial charge in [-0.3, -0.25) is 0 Å². The van der Waals surface area contributed by atoms with Gasteiger partial charge in [0.15, 0.2) is 0 Å². The minimum atomic E-state index is -0.199. The second-order valence-electron chi connectivity index (χ2n) is 4.07. The molecule has 0 aromatic heterocycles. The van der Waals surface area contributed by atoms with Crippen LogP contribution in [-0.2, 0) is 6.42 Å². The number of benzene rings is 2. The Kier molecular flexibility index (Phi) is 4.52. The van der Waals surface area contributed by atoms with Crippen molar-refractivity contribution >= 4 is 34.8 Å². The molecule has 0 spiro atoms. The summed E-state index contributed by atoms with van der Waals surface area (Å²) in [7, 11) is 0. The number of hydrogen-bond donors (Lipinski definition) is 1. The van der Waals surface area contributed by atoms with Crippen molar-refractivity contribution in [2.75, 3.05) is 0 Å². The van der Waals surface area contributed by atoms with E-state index in [4.69, 9.17) is 40.5 Å². The maximum absolute atomic E-state index is 6.16. The number of halogens is 3. The van der Waals surface area contributed by atoms with Gasteiger partial charge in [0.05, 0.1) is 0 Å². The normalized spacial score (nSPS) is 12.4. The van der Waals surface area contributed by atoms with Crippen molar-refractivity contribution in [1.82, 2.24) is 0 Å². The fourth-order valence-electron chi connectivity index (χ4n) is 1.81. The van der Waals surface area contributed by atoms with E-state index in [2.05, 4.69) is 0 Å². The molecule has 2 N–H and O–H groups in total. The standard InChI is InChI=1S/C14H12Cl3N/c15-10-5-6-11(13(17)8-10)14(18)7-9-3-1-2-4-12(9)16/h1-6,8,14H,7,18H2. The Balaban J connectivity index is 2.22. The molecule has 0 saturated heterocycles. The van der Waals surface area contributed by atoms with Crippen molar-refractivity contribution in [3.05, 3.63) is 68.7 Å². The molecule has 0 heterocycles. The third kappa shape index (κ3) is 3.18. The van der Waals surface area contributed by atoms with Gasteiger partial charge >= 0.3 is 0 Å². The second kappa shape index (κ2) is 5.94. The van der Waals surface area contributed by atoms with E-state index in [1.807, 2.05) is 30.3 Å². The summed E-state index contributed by atoms with van der Waals surface area (Å²) in [5.41, 5.74) is 8.05. The smallest absolute Gasteiger partial charge is 0.0468 e. The van der Waals surface area contributed by atoms with Crippen LogP contribution in [0, 0.1) is 0 Å². The van der Waals surface area contributed by atoms with E-state index in [-0.39, 0.29) is 6.04 Å². The molecule has 0 saturated carbocycles. The fraction of sp³-hybridized carbons (Fsp3) is 0.143. The van der Waals surface area contributed by atoms with Crippen molar-refractivity contribution in [3.63, 3.8) is 0 Å². The van der Waals surface area contributed by atoms with Crippen LogP contribution in [-0.4, -0.2) is 0 Å². The summed E-state index contributed by atoms with van der Waals surface area (Å²) < 4.78 is 0. The summed E-state index contributed by atoms with van der Waals surface area (Å²) in [4.78, 5) is 0. The van der Waals surface area contributed by atoms with Crippen LogP contribution in [0.4, 0.5) is 0 Å². The van der Waals surface area contributed by atoms with Crippen molar-refractivity contribution < 1.29 is 0 Å². The van der Waals surface area contributed by atoms with Gasteiger partial charge in [0.1, 0.15) is 0 Å². The minimum Gasteiger partial charge on any atom is -0.324 e. The lowest BCUT2D eigenvalue weighted by atomic mass is 10.00. The monoisotopic (exact) mass is 299 g/mol. The van der Waals surface area contributed by atoms with E-state index >= 15 is 0 Å². The van der Waals surface area contributed by atoms with Crippen LogP contribution in [0.3, 0.4) is 0 Å². The molecule has 0 fully saturated rings. The molecule has 2 aromatic rings. The largest absolute Gasteiger partial charge is 0.324 e. The summed E-state index contributed by atoms with van der Waals surface area (Å²) in [6.07, 6.45) is 0.640. The Morgan fingerprint density at radius 1 is 0.944 bits per heavy atom. The van der Waals surface area contributed by atoms with Crippen molar-refractivity contribution in [2.45, 2.75) is 12.5 Å². The van der Waals surface area contributed by atoms with Crippen LogP contribution in [0.1, 0.15) is 17.2 Å². The zero-order chi connectivity index (χ0) is 13.1. The summed E-state index contributed by atoms with van der Waals surface area (Å²) >= 11 is 18.1. The Bertz CT molecular complexity index is 554. The first-order valence-corrected chi connectivity index (χ1v) is 6.65. The highest BCUT2D eigenvalue weighted by atomic mass is 35.5. The highest BCUT2D eigenvalue weighted by Crippen LogP contribution is 2.28. The minimum absolute atomic E-state index is 0.199. The van der Waals surface area contributed by atoms with E-state index in [9.17, 15) is 0 Å². The molecule has 0 radical (unpaired) electrons. The Hall–Kier alpha value is -0.730. The van der Waals surface area contributed by atoms with Gasteiger partial charge in [-0.15, -0.1) is 0 Å². The zero-order valence-electron chi connectivity index (χ0n) is 9.54. The second-order valence-corrected chi connectivity index (χ2v) is 5.32. The Labute approximate surface area is 121 Å². The van der Waals surface area contributed by atoms with Crippen LogP contribution in [0.15, 0.2) is 42.5 Å². The quantitative estimate of drug-likeness (QED) is 0.858. The molecule has 1 atom stereocenters. The molecule has 94 valence electrons. The van der Waals surface area contributed by atoms with Crippen LogP contribution in [0.2, 0.25) is 15.1 Å². The number of hydrogen-bond acceptors (Lipinski definition) is 1. The average molecular weight is 301 g/mol. The SMILES string of the molecule is NC(Cc1ccccc1Cl)c1ccc(Cl)cc1Cl. The Morgan fingerprint density at radius 2 is 1.67 bits per heavy atom. The lowest BCUT2D eigenvalue weighted by Crippen LogP contribution is -2.14. The predicted octanol–water partition coefficient (Wildman–Crippen LogP) is 4.89. The first-order valence-electron chi connectivity index (χ1n) is 5.52. The molecule has 4 heteroatoms. The summed E-state index contributed by atoms with van der Waals surface area (Å²) in [5, 5.41) is 1.91. The third-order valence-corrected chi connectivity index (χ3v) is 3.69. The first-order chi connectivity index (χ1) is 8.58. The van der Waals surface area contributed by atoms with E-state index in [0.29, 0.717) is 16.5 Å². The Morgan fingerprint density at radius 3 is 2.33 bits per heavy atom. The van der Waals surface area contributed by atoms with E-state index in [0.717, 1.165) is 16.1 Å². The van der Waals surface area contributed by atoms with Crippen LogP contribution >= 0.6 is 34.8 Å². The lowest BCUT2D eigenvalue weighted by molar-refractivity contribution is 0.722. The van der Waals surface area contributed by atoms with Gasteiger partial charge in [-0.2, -0.15) is 0 Å². The summed E-state index contributed by atoms with van der Waals surface area (Å²) in [6.45, 7) is 0. The molecule has 2 aromatic carbocycles. The van der Waals surface area contributed by atoms with E-state index in [1.54, 1.807) is 12.1 Å². The third-order valence-electron chi connectivity index (χ3n) is 2.76. The number of nitrogens with two attached hydrogens (primary N) is 1. The highest BCUT2D eigenvalue weighted by molar-refractivity contribution is 6.35. The fourth-order valence-corrected chi connectivity index (χ4v) is 2.57. The van der Waals surface area contributed by atoms with Crippen molar-refractivity contribution in [3.8, 4) is 0 Å². The maximum atomic E-state index is 6.16. The summed E-state index contributed by atoms with van der Waals surface area (Å²) in [5.74, 6) is 0. The maximum Gasteiger partial charge on any atom is 0.0468 e. The van der Waals surface area contributed by atoms with Crippen molar-refractivity contribution in [1.29, 1.82) is 0 Å². The molecular formula is C14H12Cl3N. The molecule has 2 rings (SSSR count). The van der Waals surface area contributed by atoms with Gasteiger partial charge in [-0.1, -0.05) is 59.1 Å². The van der Waals surface area contributed by atoms with Gasteiger partial charge in [-0.25, -0.2) is 0 Å². The molecule has 1 unspecified atom stereocenters. The van der Waals surface area contributed by atoms with Crippen molar-refractivity contribution in [2.24, 2.45) is 5.73 Å². The van der Waals surface area contributed by atoms with Crippen LogP contribution in [0.25, 0.3) is 0 Å². The molecule has 0 aliphatic carbocycles. The van der Waals surface area contributed by atoms with Gasteiger partial charge in [0.2, 0.25) is 0 Å². The highest BCUT2D eigenvalue weighted by Gasteiger charge is 2.12. The molecular weight excluding hydrogens is 289 g/mol. The molecule has 18 heavy (non-hydrogen) atoms. The van der Waals surface area contributed by atoms with Gasteiger partial charge in [0.25, 0.3) is 0 Å².